The Hall–Kier alpha value is 0.311. The molecule has 0 saturated heterocycles. The number of hydrogen-bond donors (Lipinski definition) is 0. The summed E-state index contributed by atoms with van der Waals surface area (Å²) in [5.41, 5.74) is -0.309. The summed E-state index contributed by atoms with van der Waals surface area (Å²) in [6.45, 7) is -5.25. The summed E-state index contributed by atoms with van der Waals surface area (Å²) in [5, 5.41) is 0.708. The molecule has 2 aromatic carbocycles. The van der Waals surface area contributed by atoms with Crippen LogP contribution in [0.2, 0.25) is 10.0 Å². The summed E-state index contributed by atoms with van der Waals surface area (Å²) in [6, 6.07) is 9.92. The summed E-state index contributed by atoms with van der Waals surface area (Å²) in [4.78, 5) is 0. The van der Waals surface area contributed by atoms with Crippen LogP contribution in [0.25, 0.3) is 0 Å². The van der Waals surface area contributed by atoms with Crippen LogP contribution in [0, 0.1) is 0 Å². The van der Waals surface area contributed by atoms with E-state index >= 15 is 0 Å². The Balaban J connectivity index is 0.00000220. The summed E-state index contributed by atoms with van der Waals surface area (Å²) < 4.78 is 43.8. The average molecular weight is 359 g/mol. The van der Waals surface area contributed by atoms with E-state index in [0.717, 1.165) is 6.07 Å². The third-order valence-electron chi connectivity index (χ3n) is 2.71. The van der Waals surface area contributed by atoms with E-state index in [0.29, 0.717) is 15.6 Å². The maximum absolute atomic E-state index is 12.9. The Labute approximate surface area is 173 Å². The maximum atomic E-state index is 12.9. The normalized spacial score (nSPS) is 10.9. The van der Waals surface area contributed by atoms with Crippen LogP contribution < -0.4 is 61.6 Å². The van der Waals surface area contributed by atoms with Gasteiger partial charge >= 0.3 is 58.4 Å². The van der Waals surface area contributed by atoms with Crippen LogP contribution in [0.1, 0.15) is 5.56 Å². The second kappa shape index (κ2) is 8.24. The van der Waals surface area contributed by atoms with Crippen molar-refractivity contribution in [1.82, 2.24) is 0 Å². The van der Waals surface area contributed by atoms with Crippen molar-refractivity contribution in [1.29, 1.82) is 0 Å². The first kappa shape index (κ1) is 19.4. The molecule has 0 bridgehead atoms. The van der Waals surface area contributed by atoms with Crippen molar-refractivity contribution in [2.45, 2.75) is 6.61 Å². The largest absolute Gasteiger partial charge is 1.00 e. The van der Waals surface area contributed by atoms with Gasteiger partial charge < -0.3 is 17.7 Å². The smallest absolute Gasteiger partial charge is 0.492 e. The van der Waals surface area contributed by atoms with E-state index in [2.05, 4.69) is 0 Å². The van der Waals surface area contributed by atoms with Crippen LogP contribution in [0.4, 0.5) is 12.9 Å². The number of ether oxygens (including phenoxy) is 1. The van der Waals surface area contributed by atoms with Gasteiger partial charge in [-0.3, -0.25) is 0 Å². The molecule has 2 rings (SSSR count). The van der Waals surface area contributed by atoms with Crippen LogP contribution >= 0.6 is 23.2 Å². The fourth-order valence-electron chi connectivity index (χ4n) is 1.70. The molecule has 0 heterocycles. The minimum Gasteiger partial charge on any atom is -0.492 e. The van der Waals surface area contributed by atoms with Crippen LogP contribution in [-0.4, -0.2) is 6.98 Å². The number of benzene rings is 2. The summed E-state index contributed by atoms with van der Waals surface area (Å²) >= 11 is 11.9. The zero-order valence-corrected chi connectivity index (χ0v) is 15.8. The second-order valence-electron chi connectivity index (χ2n) is 4.10. The van der Waals surface area contributed by atoms with E-state index in [1.807, 2.05) is 0 Å². The van der Waals surface area contributed by atoms with Gasteiger partial charge in [-0.1, -0.05) is 52.9 Å². The van der Waals surface area contributed by atoms with Crippen molar-refractivity contribution >= 4 is 35.6 Å². The van der Waals surface area contributed by atoms with Crippen molar-refractivity contribution in [2.75, 3.05) is 0 Å². The Bertz CT molecular complexity index is 602. The molecule has 0 unspecified atom stereocenters. The van der Waals surface area contributed by atoms with E-state index in [-0.39, 0.29) is 63.7 Å². The first-order chi connectivity index (χ1) is 9.39. The zero-order valence-electron chi connectivity index (χ0n) is 11.1. The minimum atomic E-state index is -5.13. The van der Waals surface area contributed by atoms with Gasteiger partial charge in [-0.15, -0.1) is 0 Å². The van der Waals surface area contributed by atoms with Crippen LogP contribution in [0.15, 0.2) is 42.5 Å². The number of para-hydroxylation sites is 1. The van der Waals surface area contributed by atoms with Crippen LogP contribution in [0.5, 0.6) is 5.75 Å². The van der Waals surface area contributed by atoms with Gasteiger partial charge in [0.1, 0.15) is 6.61 Å². The van der Waals surface area contributed by atoms with Crippen LogP contribution in [0.3, 0.4) is 0 Å². The van der Waals surface area contributed by atoms with Gasteiger partial charge in [0.2, 0.25) is 0 Å². The quantitative estimate of drug-likeness (QED) is 0.755. The van der Waals surface area contributed by atoms with E-state index < -0.39 is 12.4 Å². The predicted molar refractivity (Wildman–Crippen MR) is 75.9 cm³/mol. The van der Waals surface area contributed by atoms with Gasteiger partial charge in [0.15, 0.2) is 0 Å². The van der Waals surface area contributed by atoms with Crippen molar-refractivity contribution < 1.29 is 69.1 Å². The van der Waals surface area contributed by atoms with E-state index in [1.54, 1.807) is 18.2 Å². The Kier molecular flexibility index (Phi) is 7.60. The van der Waals surface area contributed by atoms with Gasteiger partial charge in [-0.25, -0.2) is 0 Å². The van der Waals surface area contributed by atoms with E-state index in [9.17, 15) is 12.9 Å². The molecule has 0 radical (unpaired) electrons. The monoisotopic (exact) mass is 358 g/mol. The molecule has 0 N–H and O–H groups in total. The first-order valence-electron chi connectivity index (χ1n) is 5.74. The standard InChI is InChI=1S/C13H9BCl2F3O.K/c15-11-5-3-6-12(16)9(11)8-20-13-7-2-1-4-10(13)14(17,18)19;/h1-7H,8H2;/q-1;+1. The molecule has 21 heavy (non-hydrogen) atoms. The van der Waals surface area contributed by atoms with Gasteiger partial charge in [0.25, 0.3) is 0 Å². The van der Waals surface area contributed by atoms with Crippen molar-refractivity contribution in [2.24, 2.45) is 0 Å². The first-order valence-corrected chi connectivity index (χ1v) is 6.49. The van der Waals surface area contributed by atoms with Crippen molar-refractivity contribution in [3.8, 4) is 5.75 Å². The topological polar surface area (TPSA) is 9.23 Å². The van der Waals surface area contributed by atoms with Crippen molar-refractivity contribution in [3.63, 3.8) is 0 Å². The molecule has 0 aliphatic rings. The molecule has 2 aromatic rings. The molecule has 0 aliphatic carbocycles. The molecule has 1 nitrogen and oxygen atoms in total. The number of halogens is 5. The zero-order chi connectivity index (χ0) is 14.8. The average Bonchev–Trinajstić information content (AvgIpc) is 2.37. The number of hydrogen-bond acceptors (Lipinski definition) is 1. The van der Waals surface area contributed by atoms with Gasteiger partial charge in [0, 0.05) is 15.6 Å². The maximum Gasteiger partial charge on any atom is 1.00 e. The van der Waals surface area contributed by atoms with Gasteiger partial charge in [-0.2, -0.15) is 0 Å². The van der Waals surface area contributed by atoms with Crippen LogP contribution in [-0.2, 0) is 6.61 Å². The van der Waals surface area contributed by atoms with E-state index in [1.165, 1.54) is 18.2 Å². The third-order valence-corrected chi connectivity index (χ3v) is 3.41. The Morgan fingerprint density at radius 2 is 1.48 bits per heavy atom. The fourth-order valence-corrected chi connectivity index (χ4v) is 2.21. The fraction of sp³-hybridized carbons (Fsp3) is 0.0769. The SMILES string of the molecule is F[B-](F)(F)c1ccccc1OCc1c(Cl)cccc1Cl.[K+]. The molecule has 8 heteroatoms. The summed E-state index contributed by atoms with van der Waals surface area (Å²) in [6.07, 6.45) is 0. The molecule has 0 spiro atoms. The predicted octanol–water partition coefficient (Wildman–Crippen LogP) is 1.63. The molecular formula is C13H9BCl2F3KO. The molecule has 0 saturated carbocycles. The third kappa shape index (κ3) is 5.17. The Morgan fingerprint density at radius 3 is 2.05 bits per heavy atom. The van der Waals surface area contributed by atoms with E-state index in [4.69, 9.17) is 27.9 Å². The summed E-state index contributed by atoms with van der Waals surface area (Å²) in [7, 11) is 0. The molecule has 106 valence electrons. The molecular weight excluding hydrogens is 350 g/mol. The molecule has 0 amide bonds. The van der Waals surface area contributed by atoms with Gasteiger partial charge in [0.05, 0.1) is 5.75 Å². The number of rotatable bonds is 4. The molecule has 0 atom stereocenters. The summed E-state index contributed by atoms with van der Waals surface area (Å²) in [5.74, 6) is -0.226. The minimum absolute atomic E-state index is 0. The molecule has 0 aliphatic heterocycles. The second-order valence-corrected chi connectivity index (χ2v) is 4.92. The van der Waals surface area contributed by atoms with Gasteiger partial charge in [-0.05, 0) is 18.2 Å². The molecule has 0 fully saturated rings. The Morgan fingerprint density at radius 1 is 0.905 bits per heavy atom. The molecule has 0 aromatic heterocycles. The van der Waals surface area contributed by atoms with Crippen molar-refractivity contribution in [3.05, 3.63) is 58.1 Å².